The van der Waals surface area contributed by atoms with E-state index in [9.17, 15) is 0 Å². The average molecular weight is 298 g/mol. The second-order valence-electron chi connectivity index (χ2n) is 5.14. The van der Waals surface area contributed by atoms with Crippen LogP contribution in [0.1, 0.15) is 34.2 Å². The van der Waals surface area contributed by atoms with E-state index in [1.807, 2.05) is 37.4 Å². The van der Waals surface area contributed by atoms with Gasteiger partial charge in [0.1, 0.15) is 0 Å². The van der Waals surface area contributed by atoms with Crippen molar-refractivity contribution in [2.45, 2.75) is 33.4 Å². The predicted molar refractivity (Wildman–Crippen MR) is 86.4 cm³/mol. The quantitative estimate of drug-likeness (QED) is 0.800. The van der Waals surface area contributed by atoms with Crippen LogP contribution in [0.5, 0.6) is 0 Å². The van der Waals surface area contributed by atoms with E-state index in [-0.39, 0.29) is 6.04 Å². The van der Waals surface area contributed by atoms with Gasteiger partial charge in [-0.05, 0) is 32.9 Å². The summed E-state index contributed by atoms with van der Waals surface area (Å²) in [7, 11) is 0. The van der Waals surface area contributed by atoms with Crippen LogP contribution in [-0.4, -0.2) is 15.0 Å². The number of para-hydroxylation sites is 2. The molecule has 0 fully saturated rings. The van der Waals surface area contributed by atoms with E-state index in [4.69, 9.17) is 0 Å². The van der Waals surface area contributed by atoms with Gasteiger partial charge in [-0.15, -0.1) is 11.3 Å². The highest BCUT2D eigenvalue weighted by molar-refractivity contribution is 7.11. The molecule has 3 aromatic rings. The van der Waals surface area contributed by atoms with Crippen LogP contribution < -0.4 is 5.32 Å². The Morgan fingerprint density at radius 1 is 1.14 bits per heavy atom. The van der Waals surface area contributed by atoms with Crippen LogP contribution in [-0.2, 0) is 6.54 Å². The Morgan fingerprint density at radius 2 is 1.90 bits per heavy atom. The highest BCUT2D eigenvalue weighted by Gasteiger charge is 2.12. The molecule has 0 amide bonds. The standard InChI is InChI=1S/C16H18N4S/c1-10(16-11(2)19-12(3)21-16)17-8-13-9-18-14-6-4-5-7-15(14)20-13/h4-7,9-10,17H,8H2,1-3H3. The molecule has 4 nitrogen and oxygen atoms in total. The van der Waals surface area contributed by atoms with Crippen molar-refractivity contribution in [1.82, 2.24) is 20.3 Å². The number of hydrogen-bond acceptors (Lipinski definition) is 5. The smallest absolute Gasteiger partial charge is 0.0900 e. The van der Waals surface area contributed by atoms with Gasteiger partial charge < -0.3 is 5.32 Å². The Hall–Kier alpha value is -1.85. The van der Waals surface area contributed by atoms with Crippen molar-refractivity contribution in [2.24, 2.45) is 0 Å². The zero-order valence-corrected chi connectivity index (χ0v) is 13.2. The predicted octanol–water partition coefficient (Wildman–Crippen LogP) is 3.55. The van der Waals surface area contributed by atoms with Gasteiger partial charge in [0.25, 0.3) is 0 Å². The molecule has 21 heavy (non-hydrogen) atoms. The maximum absolute atomic E-state index is 4.63. The van der Waals surface area contributed by atoms with Crippen LogP contribution in [0.4, 0.5) is 0 Å². The normalized spacial score (nSPS) is 12.7. The summed E-state index contributed by atoms with van der Waals surface area (Å²) in [6.07, 6.45) is 1.84. The second-order valence-corrected chi connectivity index (χ2v) is 6.37. The molecule has 0 bridgehead atoms. The van der Waals surface area contributed by atoms with Gasteiger partial charge in [-0.25, -0.2) is 9.97 Å². The summed E-state index contributed by atoms with van der Waals surface area (Å²) in [6.45, 7) is 6.97. The number of fused-ring (bicyclic) bond motifs is 1. The first-order valence-corrected chi connectivity index (χ1v) is 7.83. The molecule has 108 valence electrons. The monoisotopic (exact) mass is 298 g/mol. The van der Waals surface area contributed by atoms with E-state index in [1.165, 1.54) is 4.88 Å². The Morgan fingerprint density at radius 3 is 2.62 bits per heavy atom. The molecular weight excluding hydrogens is 280 g/mol. The van der Waals surface area contributed by atoms with Crippen LogP contribution in [0.3, 0.4) is 0 Å². The van der Waals surface area contributed by atoms with Gasteiger partial charge in [0.2, 0.25) is 0 Å². The molecule has 1 aromatic carbocycles. The largest absolute Gasteiger partial charge is 0.304 e. The van der Waals surface area contributed by atoms with Crippen molar-refractivity contribution in [3.05, 3.63) is 51.7 Å². The second kappa shape index (κ2) is 5.87. The van der Waals surface area contributed by atoms with Crippen LogP contribution in [0.15, 0.2) is 30.5 Å². The molecule has 0 spiro atoms. The number of nitrogens with zero attached hydrogens (tertiary/aromatic N) is 3. The summed E-state index contributed by atoms with van der Waals surface area (Å²) in [6, 6.07) is 8.20. The fourth-order valence-electron chi connectivity index (χ4n) is 2.38. The van der Waals surface area contributed by atoms with Crippen molar-refractivity contribution in [3.63, 3.8) is 0 Å². The zero-order valence-electron chi connectivity index (χ0n) is 12.4. The zero-order chi connectivity index (χ0) is 14.8. The van der Waals surface area contributed by atoms with Gasteiger partial charge in [0.05, 0.1) is 33.6 Å². The summed E-state index contributed by atoms with van der Waals surface area (Å²) < 4.78 is 0. The highest BCUT2D eigenvalue weighted by atomic mass is 32.1. The van der Waals surface area contributed by atoms with Gasteiger partial charge in [-0.3, -0.25) is 4.98 Å². The van der Waals surface area contributed by atoms with Gasteiger partial charge in [-0.1, -0.05) is 12.1 Å². The molecular formula is C16H18N4S. The van der Waals surface area contributed by atoms with Crippen molar-refractivity contribution < 1.29 is 0 Å². The fraction of sp³-hybridized carbons (Fsp3) is 0.312. The lowest BCUT2D eigenvalue weighted by Crippen LogP contribution is -2.18. The minimum atomic E-state index is 0.268. The minimum absolute atomic E-state index is 0.268. The number of aromatic nitrogens is 3. The molecule has 3 rings (SSSR count). The first-order valence-electron chi connectivity index (χ1n) is 7.01. The number of thiazole rings is 1. The lowest BCUT2D eigenvalue weighted by Gasteiger charge is -2.12. The molecule has 0 saturated heterocycles. The number of hydrogen-bond donors (Lipinski definition) is 1. The summed E-state index contributed by atoms with van der Waals surface area (Å²) in [5.74, 6) is 0. The molecule has 0 aliphatic carbocycles. The highest BCUT2D eigenvalue weighted by Crippen LogP contribution is 2.24. The molecule has 2 heterocycles. The van der Waals surface area contributed by atoms with E-state index in [2.05, 4.69) is 34.1 Å². The molecule has 2 aromatic heterocycles. The SMILES string of the molecule is Cc1nc(C)c(C(C)NCc2cnc3ccccc3n2)s1. The molecule has 0 aliphatic rings. The van der Waals surface area contributed by atoms with Crippen LogP contribution in [0, 0.1) is 13.8 Å². The lowest BCUT2D eigenvalue weighted by molar-refractivity contribution is 0.572. The van der Waals surface area contributed by atoms with Crippen LogP contribution >= 0.6 is 11.3 Å². The Labute approximate surface area is 128 Å². The molecule has 1 unspecified atom stereocenters. The number of nitrogens with one attached hydrogen (secondary N) is 1. The number of aryl methyl sites for hydroxylation is 2. The van der Waals surface area contributed by atoms with Crippen molar-refractivity contribution >= 4 is 22.4 Å². The maximum Gasteiger partial charge on any atom is 0.0900 e. The third-order valence-electron chi connectivity index (χ3n) is 3.42. The van der Waals surface area contributed by atoms with Crippen molar-refractivity contribution in [3.8, 4) is 0 Å². The van der Waals surface area contributed by atoms with Gasteiger partial charge >= 0.3 is 0 Å². The van der Waals surface area contributed by atoms with Crippen molar-refractivity contribution in [1.29, 1.82) is 0 Å². The summed E-state index contributed by atoms with van der Waals surface area (Å²) >= 11 is 1.75. The van der Waals surface area contributed by atoms with E-state index in [0.717, 1.165) is 27.4 Å². The molecule has 1 atom stereocenters. The van der Waals surface area contributed by atoms with E-state index < -0.39 is 0 Å². The minimum Gasteiger partial charge on any atom is -0.304 e. The topological polar surface area (TPSA) is 50.7 Å². The number of benzene rings is 1. The first-order chi connectivity index (χ1) is 10.1. The first kappa shape index (κ1) is 14.1. The summed E-state index contributed by atoms with van der Waals surface area (Å²) in [5, 5.41) is 4.61. The third kappa shape index (κ3) is 3.09. The lowest BCUT2D eigenvalue weighted by atomic mass is 10.2. The molecule has 5 heteroatoms. The van der Waals surface area contributed by atoms with E-state index in [1.54, 1.807) is 11.3 Å². The summed E-state index contributed by atoms with van der Waals surface area (Å²) in [5.41, 5.74) is 3.94. The Balaban J connectivity index is 1.72. The molecule has 0 saturated carbocycles. The van der Waals surface area contributed by atoms with Gasteiger partial charge in [0.15, 0.2) is 0 Å². The Bertz CT molecular complexity index is 766. The van der Waals surface area contributed by atoms with Gasteiger partial charge in [-0.2, -0.15) is 0 Å². The third-order valence-corrected chi connectivity index (χ3v) is 4.68. The Kier molecular flexibility index (Phi) is 3.94. The average Bonchev–Trinajstić information content (AvgIpc) is 2.83. The molecule has 0 aliphatic heterocycles. The number of rotatable bonds is 4. The molecule has 1 N–H and O–H groups in total. The van der Waals surface area contributed by atoms with Crippen molar-refractivity contribution in [2.75, 3.05) is 0 Å². The van der Waals surface area contributed by atoms with E-state index >= 15 is 0 Å². The maximum atomic E-state index is 4.63. The fourth-order valence-corrected chi connectivity index (χ4v) is 3.33. The molecule has 0 radical (unpaired) electrons. The van der Waals surface area contributed by atoms with Gasteiger partial charge in [0, 0.05) is 17.5 Å². The van der Waals surface area contributed by atoms with Crippen LogP contribution in [0.25, 0.3) is 11.0 Å². The van der Waals surface area contributed by atoms with E-state index in [0.29, 0.717) is 6.54 Å². The van der Waals surface area contributed by atoms with Crippen LogP contribution in [0.2, 0.25) is 0 Å². The summed E-state index contributed by atoms with van der Waals surface area (Å²) in [4.78, 5) is 14.8.